The summed E-state index contributed by atoms with van der Waals surface area (Å²) in [5.41, 5.74) is 1.33. The highest BCUT2D eigenvalue weighted by atomic mass is 32.2. The van der Waals surface area contributed by atoms with Crippen LogP contribution in [-0.2, 0) is 10.0 Å². The molecule has 1 aliphatic heterocycles. The van der Waals surface area contributed by atoms with Gasteiger partial charge in [-0.15, -0.1) is 6.58 Å². The molecule has 86 valence electrons. The molecule has 4 nitrogen and oxygen atoms in total. The fraction of sp³-hybridized carbons (Fsp3) is 0.600. The molecule has 1 heterocycles. The van der Waals surface area contributed by atoms with Gasteiger partial charge in [-0.25, -0.2) is 13.1 Å². The van der Waals surface area contributed by atoms with Crippen LogP contribution in [0.1, 0.15) is 12.8 Å². The Kier molecular flexibility index (Phi) is 5.01. The summed E-state index contributed by atoms with van der Waals surface area (Å²) in [6.45, 7) is 5.78. The minimum absolute atomic E-state index is 0.00635. The number of hydrogen-bond acceptors (Lipinski definition) is 3. The third-order valence-corrected chi connectivity index (χ3v) is 3.58. The Morgan fingerprint density at radius 1 is 1.60 bits per heavy atom. The van der Waals surface area contributed by atoms with E-state index in [0.717, 1.165) is 25.9 Å². The highest BCUT2D eigenvalue weighted by Gasteiger charge is 2.07. The Hall–Kier alpha value is -0.650. The van der Waals surface area contributed by atoms with Crippen molar-refractivity contribution in [2.75, 3.05) is 25.4 Å². The Morgan fingerprint density at radius 3 is 3.00 bits per heavy atom. The van der Waals surface area contributed by atoms with Gasteiger partial charge in [-0.3, -0.25) is 0 Å². The van der Waals surface area contributed by atoms with Crippen LogP contribution in [0.5, 0.6) is 0 Å². The lowest BCUT2D eigenvalue weighted by Gasteiger charge is -2.13. The first-order chi connectivity index (χ1) is 7.14. The highest BCUT2D eigenvalue weighted by Crippen LogP contribution is 2.08. The molecule has 0 aromatic rings. The summed E-state index contributed by atoms with van der Waals surface area (Å²) in [7, 11) is -3.14. The van der Waals surface area contributed by atoms with Crippen molar-refractivity contribution in [3.63, 3.8) is 0 Å². The molecule has 1 rings (SSSR count). The fourth-order valence-corrected chi connectivity index (χ4v) is 2.32. The third-order valence-electron chi connectivity index (χ3n) is 2.26. The van der Waals surface area contributed by atoms with Gasteiger partial charge in [0.1, 0.15) is 0 Å². The average molecular weight is 230 g/mol. The first-order valence-electron chi connectivity index (χ1n) is 5.11. The second-order valence-electron chi connectivity index (χ2n) is 3.53. The maximum absolute atomic E-state index is 11.3. The van der Waals surface area contributed by atoms with E-state index in [0.29, 0.717) is 6.54 Å². The van der Waals surface area contributed by atoms with Crippen LogP contribution in [0.4, 0.5) is 0 Å². The normalized spacial score (nSPS) is 17.2. The van der Waals surface area contributed by atoms with Crippen molar-refractivity contribution in [1.82, 2.24) is 10.0 Å². The topological polar surface area (TPSA) is 58.2 Å². The SMILES string of the molecule is C=CCS(=O)(=O)NCCC1=CCNCC1. The second kappa shape index (κ2) is 6.05. The van der Waals surface area contributed by atoms with Gasteiger partial charge in [-0.05, 0) is 19.4 Å². The average Bonchev–Trinajstić information content (AvgIpc) is 2.19. The van der Waals surface area contributed by atoms with Gasteiger partial charge < -0.3 is 5.32 Å². The van der Waals surface area contributed by atoms with E-state index >= 15 is 0 Å². The van der Waals surface area contributed by atoms with Gasteiger partial charge in [-0.2, -0.15) is 0 Å². The van der Waals surface area contributed by atoms with E-state index in [4.69, 9.17) is 0 Å². The van der Waals surface area contributed by atoms with E-state index < -0.39 is 10.0 Å². The molecule has 1 aliphatic rings. The summed E-state index contributed by atoms with van der Waals surface area (Å²) >= 11 is 0. The molecule has 0 spiro atoms. The summed E-state index contributed by atoms with van der Waals surface area (Å²) in [6, 6.07) is 0. The molecule has 0 radical (unpaired) electrons. The van der Waals surface area contributed by atoms with E-state index in [9.17, 15) is 8.42 Å². The Bertz CT molecular complexity index is 333. The van der Waals surface area contributed by atoms with Crippen molar-refractivity contribution in [1.29, 1.82) is 0 Å². The predicted octanol–water partition coefficient (Wildman–Crippen LogP) is 0.402. The Labute approximate surface area is 91.5 Å². The molecule has 0 aromatic carbocycles. The quantitative estimate of drug-likeness (QED) is 0.649. The molecule has 15 heavy (non-hydrogen) atoms. The van der Waals surface area contributed by atoms with Gasteiger partial charge in [0.05, 0.1) is 5.75 Å². The maximum Gasteiger partial charge on any atom is 0.215 e. The first-order valence-corrected chi connectivity index (χ1v) is 6.76. The monoisotopic (exact) mass is 230 g/mol. The minimum atomic E-state index is -3.14. The van der Waals surface area contributed by atoms with Crippen LogP contribution in [0.15, 0.2) is 24.3 Å². The van der Waals surface area contributed by atoms with Gasteiger partial charge in [0, 0.05) is 13.1 Å². The zero-order valence-electron chi connectivity index (χ0n) is 8.83. The van der Waals surface area contributed by atoms with Crippen LogP contribution in [0.2, 0.25) is 0 Å². The summed E-state index contributed by atoms with van der Waals surface area (Å²) in [5.74, 6) is -0.00635. The lowest BCUT2D eigenvalue weighted by atomic mass is 10.1. The van der Waals surface area contributed by atoms with Gasteiger partial charge in [0.25, 0.3) is 0 Å². The predicted molar refractivity (Wildman–Crippen MR) is 62.2 cm³/mol. The van der Waals surface area contributed by atoms with E-state index in [-0.39, 0.29) is 5.75 Å². The van der Waals surface area contributed by atoms with Crippen LogP contribution in [0, 0.1) is 0 Å². The van der Waals surface area contributed by atoms with Crippen molar-refractivity contribution < 1.29 is 8.42 Å². The molecule has 0 aliphatic carbocycles. The molecule has 0 atom stereocenters. The fourth-order valence-electron chi connectivity index (χ4n) is 1.48. The first kappa shape index (κ1) is 12.4. The summed E-state index contributed by atoms with van der Waals surface area (Å²) in [6.07, 6.45) is 5.35. The molecule has 0 saturated carbocycles. The second-order valence-corrected chi connectivity index (χ2v) is 5.38. The molecule has 5 heteroatoms. The molecule has 0 fully saturated rings. The number of hydrogen-bond donors (Lipinski definition) is 2. The van der Waals surface area contributed by atoms with Gasteiger partial charge in [-0.1, -0.05) is 17.7 Å². The molecule has 0 saturated heterocycles. The smallest absolute Gasteiger partial charge is 0.215 e. The Balaban J connectivity index is 2.26. The summed E-state index contributed by atoms with van der Waals surface area (Å²) in [4.78, 5) is 0. The lowest BCUT2D eigenvalue weighted by molar-refractivity contribution is 0.583. The van der Waals surface area contributed by atoms with E-state index in [1.165, 1.54) is 11.6 Å². The maximum atomic E-state index is 11.3. The summed E-state index contributed by atoms with van der Waals surface area (Å²) in [5, 5.41) is 3.21. The van der Waals surface area contributed by atoms with Gasteiger partial charge in [0.2, 0.25) is 10.0 Å². The highest BCUT2D eigenvalue weighted by molar-refractivity contribution is 7.89. The van der Waals surface area contributed by atoms with Crippen LogP contribution >= 0.6 is 0 Å². The van der Waals surface area contributed by atoms with Crippen LogP contribution in [-0.4, -0.2) is 33.8 Å². The van der Waals surface area contributed by atoms with Crippen LogP contribution in [0.25, 0.3) is 0 Å². The van der Waals surface area contributed by atoms with Gasteiger partial charge in [0.15, 0.2) is 0 Å². The van der Waals surface area contributed by atoms with E-state index in [1.54, 1.807) is 0 Å². The molecule has 0 bridgehead atoms. The third kappa shape index (κ3) is 5.11. The number of rotatable bonds is 6. The zero-order chi connectivity index (χ0) is 11.1. The zero-order valence-corrected chi connectivity index (χ0v) is 9.65. The van der Waals surface area contributed by atoms with E-state index in [2.05, 4.69) is 22.7 Å². The van der Waals surface area contributed by atoms with Crippen molar-refractivity contribution in [3.05, 3.63) is 24.3 Å². The minimum Gasteiger partial charge on any atom is -0.313 e. The molecule has 0 aromatic heterocycles. The van der Waals surface area contributed by atoms with Gasteiger partial charge >= 0.3 is 0 Å². The molecule has 0 amide bonds. The van der Waals surface area contributed by atoms with Crippen LogP contribution in [0.3, 0.4) is 0 Å². The lowest BCUT2D eigenvalue weighted by Crippen LogP contribution is -2.28. The van der Waals surface area contributed by atoms with E-state index in [1.807, 2.05) is 0 Å². The molecule has 0 unspecified atom stereocenters. The largest absolute Gasteiger partial charge is 0.313 e. The molecular weight excluding hydrogens is 212 g/mol. The number of sulfonamides is 1. The van der Waals surface area contributed by atoms with Crippen LogP contribution < -0.4 is 10.0 Å². The Morgan fingerprint density at radius 2 is 2.40 bits per heavy atom. The van der Waals surface area contributed by atoms with Crippen molar-refractivity contribution >= 4 is 10.0 Å². The standard InChI is InChI=1S/C10H18N2O2S/c1-2-9-15(13,14)12-8-5-10-3-6-11-7-4-10/h2-3,11-12H,1,4-9H2. The summed E-state index contributed by atoms with van der Waals surface area (Å²) < 4.78 is 25.1. The molecular formula is C10H18N2O2S. The number of nitrogens with one attached hydrogen (secondary N) is 2. The van der Waals surface area contributed by atoms with Crippen molar-refractivity contribution in [2.24, 2.45) is 0 Å². The van der Waals surface area contributed by atoms with Crippen molar-refractivity contribution in [2.45, 2.75) is 12.8 Å². The van der Waals surface area contributed by atoms with Crippen molar-refractivity contribution in [3.8, 4) is 0 Å². The molecule has 2 N–H and O–H groups in total.